The highest BCUT2D eigenvalue weighted by atomic mass is 79.9. The molecule has 0 aliphatic heterocycles. The monoisotopic (exact) mass is 369 g/mol. The van der Waals surface area contributed by atoms with Crippen LogP contribution in [-0.2, 0) is 0 Å². The Morgan fingerprint density at radius 3 is 2.43 bits per heavy atom. The summed E-state index contributed by atoms with van der Waals surface area (Å²) in [5.41, 5.74) is 3.76. The summed E-state index contributed by atoms with van der Waals surface area (Å²) in [6.07, 6.45) is 1.03. The fourth-order valence-corrected chi connectivity index (χ4v) is 3.93. The summed E-state index contributed by atoms with van der Waals surface area (Å²) in [6.45, 7) is 4.26. The number of hydrogen-bond acceptors (Lipinski definition) is 1. The molecule has 3 rings (SSSR count). The summed E-state index contributed by atoms with van der Waals surface area (Å²) in [5, 5.41) is 1.99. The van der Waals surface area contributed by atoms with Crippen molar-refractivity contribution < 1.29 is 4.79 Å². The van der Waals surface area contributed by atoms with E-state index in [0.717, 1.165) is 39.5 Å². The predicted molar refractivity (Wildman–Crippen MR) is 99.7 cm³/mol. The number of alkyl halides is 1. The van der Waals surface area contributed by atoms with Gasteiger partial charge < -0.3 is 4.57 Å². The lowest BCUT2D eigenvalue weighted by Crippen LogP contribution is -2.09. The molecule has 0 saturated heterocycles. The molecule has 1 unspecified atom stereocenters. The number of rotatable bonds is 5. The third-order valence-corrected chi connectivity index (χ3v) is 4.84. The summed E-state index contributed by atoms with van der Waals surface area (Å²) in [4.78, 5) is 13.1. The van der Waals surface area contributed by atoms with Gasteiger partial charge in [0.25, 0.3) is 0 Å². The molecule has 0 saturated carbocycles. The first kappa shape index (κ1) is 16.0. The van der Waals surface area contributed by atoms with Gasteiger partial charge in [0.1, 0.15) is 0 Å². The molecule has 0 fully saturated rings. The van der Waals surface area contributed by atoms with Gasteiger partial charge in [-0.3, -0.25) is 4.79 Å². The van der Waals surface area contributed by atoms with Crippen molar-refractivity contribution >= 4 is 32.6 Å². The van der Waals surface area contributed by atoms with Crippen LogP contribution >= 0.6 is 15.9 Å². The van der Waals surface area contributed by atoms with Gasteiger partial charge in [-0.2, -0.15) is 0 Å². The van der Waals surface area contributed by atoms with E-state index in [9.17, 15) is 4.79 Å². The number of fused-ring (bicyclic) bond motifs is 1. The Balaban J connectivity index is 2.22. The molecule has 0 spiro atoms. The third-order valence-electron chi connectivity index (χ3n) is 4.39. The molecule has 3 aromatic rings. The van der Waals surface area contributed by atoms with Crippen LogP contribution < -0.4 is 0 Å². The fourth-order valence-electron chi connectivity index (χ4n) is 3.27. The van der Waals surface area contributed by atoms with Gasteiger partial charge in [-0.05, 0) is 26.3 Å². The van der Waals surface area contributed by atoms with Gasteiger partial charge in [-0.15, -0.1) is 0 Å². The molecule has 0 amide bonds. The summed E-state index contributed by atoms with van der Waals surface area (Å²) in [7, 11) is 0. The molecule has 0 N–H and O–H groups in total. The Hall–Kier alpha value is -1.87. The molecule has 3 heteroatoms. The number of ketones is 1. The average Bonchev–Trinajstić information content (AvgIpc) is 2.87. The Morgan fingerprint density at radius 2 is 1.74 bits per heavy atom. The quantitative estimate of drug-likeness (QED) is 0.428. The Morgan fingerprint density at radius 1 is 1.09 bits per heavy atom. The van der Waals surface area contributed by atoms with E-state index in [4.69, 9.17) is 0 Å². The zero-order valence-electron chi connectivity index (χ0n) is 13.4. The zero-order chi connectivity index (χ0) is 16.4. The summed E-state index contributed by atoms with van der Waals surface area (Å²) in [6, 6.07) is 18.1. The van der Waals surface area contributed by atoms with Crippen molar-refractivity contribution in [3.63, 3.8) is 0 Å². The van der Waals surface area contributed by atoms with Gasteiger partial charge in [0, 0.05) is 33.5 Å². The van der Waals surface area contributed by atoms with Gasteiger partial charge >= 0.3 is 0 Å². The van der Waals surface area contributed by atoms with E-state index in [1.165, 1.54) is 0 Å². The average molecular weight is 370 g/mol. The normalized spacial score (nSPS) is 12.5. The number of benzene rings is 2. The Kier molecular flexibility index (Phi) is 4.67. The van der Waals surface area contributed by atoms with Crippen LogP contribution in [0.2, 0.25) is 0 Å². The molecule has 2 nitrogen and oxygen atoms in total. The number of carbonyl (C=O) groups is 1. The lowest BCUT2D eigenvalue weighted by Gasteiger charge is -2.16. The number of hydrogen-bond donors (Lipinski definition) is 0. The number of aromatic nitrogens is 1. The van der Waals surface area contributed by atoms with Crippen molar-refractivity contribution in [3.8, 4) is 0 Å². The van der Waals surface area contributed by atoms with Crippen molar-refractivity contribution in [1.29, 1.82) is 0 Å². The predicted octanol–water partition coefficient (Wildman–Crippen LogP) is 5.53. The summed E-state index contributed by atoms with van der Waals surface area (Å²) >= 11 is 3.53. The Bertz CT molecular complexity index is 835. The summed E-state index contributed by atoms with van der Waals surface area (Å²) < 4.78 is 2.30. The maximum atomic E-state index is 13.1. The first-order chi connectivity index (χ1) is 11.1. The molecule has 2 aromatic carbocycles. The van der Waals surface area contributed by atoms with Gasteiger partial charge in [0.2, 0.25) is 0 Å². The SMILES string of the molecule is Cc1c(C(=O)c2ccccc2)c2ccccc2n1C(C)CCBr. The van der Waals surface area contributed by atoms with Crippen LogP contribution in [-0.4, -0.2) is 15.7 Å². The minimum absolute atomic E-state index is 0.101. The van der Waals surface area contributed by atoms with Gasteiger partial charge in [-0.25, -0.2) is 0 Å². The van der Waals surface area contributed by atoms with E-state index in [0.29, 0.717) is 6.04 Å². The maximum Gasteiger partial charge on any atom is 0.195 e. The third kappa shape index (κ3) is 2.86. The fraction of sp³-hybridized carbons (Fsp3) is 0.250. The van der Waals surface area contributed by atoms with Crippen LogP contribution in [0.15, 0.2) is 54.6 Å². The van der Waals surface area contributed by atoms with E-state index in [2.05, 4.69) is 46.5 Å². The van der Waals surface area contributed by atoms with Crippen LogP contribution in [0.1, 0.15) is 41.0 Å². The topological polar surface area (TPSA) is 22.0 Å². The molecule has 0 aliphatic rings. The second kappa shape index (κ2) is 6.71. The van der Waals surface area contributed by atoms with E-state index in [-0.39, 0.29) is 5.78 Å². The Labute approximate surface area is 145 Å². The molecular formula is C20H20BrNO. The molecule has 23 heavy (non-hydrogen) atoms. The number of carbonyl (C=O) groups excluding carboxylic acids is 1. The van der Waals surface area contributed by atoms with Gasteiger partial charge in [-0.1, -0.05) is 64.5 Å². The first-order valence-corrected chi connectivity index (χ1v) is 9.02. The molecule has 118 valence electrons. The largest absolute Gasteiger partial charge is 0.341 e. The first-order valence-electron chi connectivity index (χ1n) is 7.90. The van der Waals surface area contributed by atoms with Crippen LogP contribution in [0, 0.1) is 6.92 Å². The van der Waals surface area contributed by atoms with Crippen molar-refractivity contribution in [3.05, 3.63) is 71.4 Å². The second-order valence-corrected chi connectivity index (χ2v) is 6.66. The molecule has 1 aromatic heterocycles. The van der Waals surface area contributed by atoms with Crippen molar-refractivity contribution in [2.75, 3.05) is 5.33 Å². The number of halogens is 1. The standard InChI is InChI=1S/C20H20BrNO/c1-14(12-13-21)22-15(2)19(17-10-6-7-11-18(17)22)20(23)16-8-4-3-5-9-16/h3-11,14H,12-13H2,1-2H3. The lowest BCUT2D eigenvalue weighted by molar-refractivity contribution is 0.103. The van der Waals surface area contributed by atoms with Crippen LogP contribution in [0.25, 0.3) is 10.9 Å². The highest BCUT2D eigenvalue weighted by molar-refractivity contribution is 9.09. The highest BCUT2D eigenvalue weighted by Crippen LogP contribution is 2.31. The minimum atomic E-state index is 0.101. The zero-order valence-corrected chi connectivity index (χ0v) is 15.0. The highest BCUT2D eigenvalue weighted by Gasteiger charge is 2.22. The van der Waals surface area contributed by atoms with Crippen molar-refractivity contribution in [2.24, 2.45) is 0 Å². The van der Waals surface area contributed by atoms with E-state index >= 15 is 0 Å². The maximum absolute atomic E-state index is 13.1. The minimum Gasteiger partial charge on any atom is -0.341 e. The summed E-state index contributed by atoms with van der Waals surface area (Å²) in [5.74, 6) is 0.101. The smallest absolute Gasteiger partial charge is 0.195 e. The van der Waals surface area contributed by atoms with Crippen LogP contribution in [0.3, 0.4) is 0 Å². The van der Waals surface area contributed by atoms with E-state index in [1.54, 1.807) is 0 Å². The molecule has 0 aliphatic carbocycles. The van der Waals surface area contributed by atoms with E-state index < -0.39 is 0 Å². The molecule has 0 bridgehead atoms. The van der Waals surface area contributed by atoms with Crippen molar-refractivity contribution in [1.82, 2.24) is 4.57 Å². The molecule has 0 radical (unpaired) electrons. The number of nitrogens with zero attached hydrogens (tertiary/aromatic N) is 1. The van der Waals surface area contributed by atoms with Crippen LogP contribution in [0.5, 0.6) is 0 Å². The van der Waals surface area contributed by atoms with Crippen LogP contribution in [0.4, 0.5) is 0 Å². The molecule has 1 heterocycles. The lowest BCUT2D eigenvalue weighted by atomic mass is 10.0. The van der Waals surface area contributed by atoms with Crippen molar-refractivity contribution in [2.45, 2.75) is 26.3 Å². The molecular weight excluding hydrogens is 350 g/mol. The second-order valence-electron chi connectivity index (χ2n) is 5.87. The van der Waals surface area contributed by atoms with Gasteiger partial charge in [0.05, 0.1) is 5.56 Å². The number of para-hydroxylation sites is 1. The van der Waals surface area contributed by atoms with Gasteiger partial charge in [0.15, 0.2) is 5.78 Å². The molecule has 1 atom stereocenters. The van der Waals surface area contributed by atoms with E-state index in [1.807, 2.05) is 42.5 Å².